The molecule has 0 bridgehead atoms. The van der Waals surface area contributed by atoms with Gasteiger partial charge in [0.15, 0.2) is 0 Å². The second-order valence-corrected chi connectivity index (χ2v) is 9.44. The zero-order chi connectivity index (χ0) is 22.8. The van der Waals surface area contributed by atoms with Gasteiger partial charge >= 0.3 is 125 Å². The fraction of sp³-hybridized carbons (Fsp3) is 0.429. The predicted molar refractivity (Wildman–Crippen MR) is 113 cm³/mol. The normalized spacial score (nSPS) is 11.5. The van der Waals surface area contributed by atoms with Crippen LogP contribution >= 0.6 is 0 Å². The number of rotatable bonds is 3. The summed E-state index contributed by atoms with van der Waals surface area (Å²) in [5, 5.41) is 15.0. The average molecular weight is 601 g/mol. The summed E-state index contributed by atoms with van der Waals surface area (Å²) in [4.78, 5) is 12.5. The molecular weight excluding hydrogens is 573 g/mol. The first-order chi connectivity index (χ1) is 14.6. The molecule has 0 fully saturated rings. The van der Waals surface area contributed by atoms with E-state index in [4.69, 9.17) is 0 Å². The van der Waals surface area contributed by atoms with Crippen LogP contribution in [0.25, 0.3) is 17.5 Å². The summed E-state index contributed by atoms with van der Waals surface area (Å²) in [5.74, 6) is 3.10. The number of aromatic nitrogens is 9. The predicted octanol–water partition coefficient (Wildman–Crippen LogP) is 3.10. The van der Waals surface area contributed by atoms with Crippen LogP contribution in [0.5, 0.6) is 0 Å². The van der Waals surface area contributed by atoms with E-state index in [1.54, 1.807) is 13.8 Å². The number of nitrogens with zero attached hydrogens (tertiary/aromatic N) is 9. The zero-order valence-electron chi connectivity index (χ0n) is 18.8. The average Bonchev–Trinajstić information content (AvgIpc) is 3.41. The Labute approximate surface area is 192 Å². The van der Waals surface area contributed by atoms with Crippen molar-refractivity contribution in [2.24, 2.45) is 0 Å². The van der Waals surface area contributed by atoms with Crippen molar-refractivity contribution in [3.05, 3.63) is 51.7 Å². The van der Waals surface area contributed by atoms with E-state index in [0.29, 0.717) is 29.3 Å². The molecule has 0 amide bonds. The Balaban J connectivity index is 0.000000194. The van der Waals surface area contributed by atoms with E-state index in [1.807, 2.05) is 6.20 Å². The van der Waals surface area contributed by atoms with E-state index in [1.165, 1.54) is 9.37 Å². The summed E-state index contributed by atoms with van der Waals surface area (Å²) in [6.07, 6.45) is 6.08. The third-order valence-corrected chi connectivity index (χ3v) is 5.62. The number of hydrogen-bond acceptors (Lipinski definition) is 5. The van der Waals surface area contributed by atoms with Crippen molar-refractivity contribution in [2.75, 3.05) is 0 Å². The van der Waals surface area contributed by atoms with Crippen LogP contribution in [-0.2, 0) is 24.8 Å². The van der Waals surface area contributed by atoms with Crippen molar-refractivity contribution in [3.8, 4) is 17.5 Å². The van der Waals surface area contributed by atoms with Gasteiger partial charge in [-0.1, -0.05) is 0 Å². The second kappa shape index (κ2) is 9.22. The molecule has 10 heteroatoms. The van der Waals surface area contributed by atoms with Crippen molar-refractivity contribution in [3.63, 3.8) is 0 Å². The molecule has 0 unspecified atom stereocenters. The van der Waals surface area contributed by atoms with Gasteiger partial charge < -0.3 is 20.2 Å². The first kappa shape index (κ1) is 23.0. The molecular formula is C21H27N9Pt-2. The van der Waals surface area contributed by atoms with Crippen LogP contribution < -0.4 is 10.2 Å². The molecule has 0 saturated carbocycles. The third kappa shape index (κ3) is 5.53. The van der Waals surface area contributed by atoms with Crippen molar-refractivity contribution in [1.29, 1.82) is 0 Å². The van der Waals surface area contributed by atoms with Crippen LogP contribution in [0.2, 0.25) is 0 Å². The molecule has 0 aliphatic heterocycles. The van der Waals surface area contributed by atoms with Gasteiger partial charge in [0.05, 0.1) is 0 Å². The van der Waals surface area contributed by atoms with Crippen LogP contribution in [0.1, 0.15) is 57.9 Å². The minimum absolute atomic E-state index is 0.143. The largest absolute Gasteiger partial charge is 0.423 e. The van der Waals surface area contributed by atoms with E-state index in [9.17, 15) is 0 Å². The Morgan fingerprint density at radius 1 is 0.968 bits per heavy atom. The molecule has 4 rings (SSSR count). The quantitative estimate of drug-likeness (QED) is 0.356. The van der Waals surface area contributed by atoms with E-state index >= 15 is 0 Å². The van der Waals surface area contributed by atoms with E-state index in [-0.39, 0.29) is 5.41 Å². The fourth-order valence-electron chi connectivity index (χ4n) is 2.75. The minimum Gasteiger partial charge on any atom is -0.423 e. The zero-order valence-corrected chi connectivity index (χ0v) is 21.1. The first-order valence-corrected chi connectivity index (χ1v) is 11.1. The van der Waals surface area contributed by atoms with Crippen molar-refractivity contribution in [1.82, 2.24) is 44.5 Å². The van der Waals surface area contributed by atoms with Gasteiger partial charge in [0, 0.05) is 11.6 Å². The molecule has 0 atom stereocenters. The molecule has 4 aromatic rings. The molecule has 0 aliphatic rings. The summed E-state index contributed by atoms with van der Waals surface area (Å²) in [5.41, 5.74) is 1.45. The summed E-state index contributed by atoms with van der Waals surface area (Å²) >= 11 is 2.36. The van der Waals surface area contributed by atoms with Gasteiger partial charge in [0.1, 0.15) is 0 Å². The van der Waals surface area contributed by atoms with Gasteiger partial charge in [-0.25, -0.2) is 0 Å². The van der Waals surface area contributed by atoms with Crippen LogP contribution in [-0.4, -0.2) is 34.3 Å². The molecule has 31 heavy (non-hydrogen) atoms. The van der Waals surface area contributed by atoms with Crippen molar-refractivity contribution in [2.45, 2.75) is 59.9 Å². The van der Waals surface area contributed by atoms with Gasteiger partial charge in [-0.15, -0.1) is 0 Å². The molecule has 4 heterocycles. The maximum Gasteiger partial charge on any atom is 0.0236 e. The maximum atomic E-state index is 4.50. The Bertz CT molecular complexity index is 1170. The van der Waals surface area contributed by atoms with Crippen LogP contribution in [0.15, 0.2) is 30.7 Å². The Morgan fingerprint density at radius 2 is 1.55 bits per heavy atom. The molecule has 0 spiro atoms. The number of imidazole rings is 1. The van der Waals surface area contributed by atoms with Gasteiger partial charge in [0.2, 0.25) is 0 Å². The Hall–Kier alpha value is -2.67. The second-order valence-electron chi connectivity index (χ2n) is 8.43. The summed E-state index contributed by atoms with van der Waals surface area (Å²) in [6, 6.07) is 4.73. The monoisotopic (exact) mass is 600 g/mol. The summed E-state index contributed by atoms with van der Waals surface area (Å²) in [6.45, 7) is 14.6. The summed E-state index contributed by atoms with van der Waals surface area (Å²) in [7, 11) is 0. The molecule has 0 aromatic carbocycles. The molecule has 0 saturated heterocycles. The molecule has 9 nitrogen and oxygen atoms in total. The van der Waals surface area contributed by atoms with Gasteiger partial charge in [-0.05, 0) is 25.5 Å². The molecule has 0 N–H and O–H groups in total. The summed E-state index contributed by atoms with van der Waals surface area (Å²) < 4.78 is 5.55. The molecule has 0 aliphatic carbocycles. The van der Waals surface area contributed by atoms with Gasteiger partial charge in [-0.3, -0.25) is 10.2 Å². The molecule has 0 radical (unpaired) electrons. The Kier molecular flexibility index (Phi) is 6.84. The maximum absolute atomic E-state index is 4.50. The number of hydrogen-bond donors (Lipinski definition) is 0. The minimum atomic E-state index is 0.143. The fourth-order valence-corrected chi connectivity index (χ4v) is 3.94. The van der Waals surface area contributed by atoms with E-state index in [2.05, 4.69) is 123 Å². The standard InChI is InChI=1S/C15H21N3.C6H6N6.Pt/c1-12(2)17-8-9-18(11-17)14-10-13(6-7-16-14)15(3,4)5;1-3-7-5(11-9-3)6-8-4(2)10-12-6;/h6-10,12H,1-5H3;1-2H3;/q;-2;. The number of pyridine rings is 1. The first-order valence-electron chi connectivity index (χ1n) is 9.96. The van der Waals surface area contributed by atoms with Crippen molar-refractivity contribution < 1.29 is 19.4 Å². The SMILES string of the molecule is CC(C)n1ccn(-c2cc(C(C)(C)C)ccn2)[c]1=[Pt].Cc1n[n-]c(-c2nc(C)n[n-]2)n1. The van der Waals surface area contributed by atoms with E-state index < -0.39 is 0 Å². The van der Waals surface area contributed by atoms with E-state index in [0.717, 1.165) is 5.82 Å². The van der Waals surface area contributed by atoms with Crippen LogP contribution in [0, 0.1) is 17.7 Å². The van der Waals surface area contributed by atoms with Crippen LogP contribution in [0.3, 0.4) is 0 Å². The molecule has 4 aromatic heterocycles. The molecule has 168 valence electrons. The Morgan fingerprint density at radius 3 is 1.97 bits per heavy atom. The van der Waals surface area contributed by atoms with Gasteiger partial charge in [-0.2, -0.15) is 0 Å². The third-order valence-electron chi connectivity index (χ3n) is 4.49. The van der Waals surface area contributed by atoms with Gasteiger partial charge in [0.25, 0.3) is 0 Å². The van der Waals surface area contributed by atoms with Crippen molar-refractivity contribution >= 4 is 0 Å². The topological polar surface area (TPSA) is 103 Å². The number of aryl methyl sites for hydroxylation is 2. The van der Waals surface area contributed by atoms with Crippen LogP contribution in [0.4, 0.5) is 0 Å². The smallest absolute Gasteiger partial charge is 0.0236 e.